The Bertz CT molecular complexity index is 465. The number of nitrogens with one attached hydrogen (secondary N) is 1. The molecular formula is C13H17BrN2O2S. The Morgan fingerprint density at radius 3 is 3.00 bits per heavy atom. The third-order valence-electron chi connectivity index (χ3n) is 4.05. The lowest BCUT2D eigenvalue weighted by Gasteiger charge is -2.39. The van der Waals surface area contributed by atoms with Crippen molar-refractivity contribution < 1.29 is 9.53 Å². The van der Waals surface area contributed by atoms with Gasteiger partial charge in [-0.15, -0.1) is 0 Å². The molecule has 1 saturated carbocycles. The Morgan fingerprint density at radius 2 is 2.21 bits per heavy atom. The fourth-order valence-electron chi connectivity index (χ4n) is 3.09. The average Bonchev–Trinajstić information content (AvgIpc) is 2.85. The van der Waals surface area contributed by atoms with E-state index in [4.69, 9.17) is 4.74 Å². The largest absolute Gasteiger partial charge is 0.442 e. The highest BCUT2D eigenvalue weighted by Gasteiger charge is 2.33. The highest BCUT2D eigenvalue weighted by Crippen LogP contribution is 2.32. The van der Waals surface area contributed by atoms with Gasteiger partial charge in [-0.05, 0) is 65.1 Å². The minimum absolute atomic E-state index is 0.146. The van der Waals surface area contributed by atoms with Crippen LogP contribution >= 0.6 is 27.5 Å². The molecule has 104 valence electrons. The van der Waals surface area contributed by atoms with Gasteiger partial charge in [0.05, 0.1) is 3.79 Å². The number of fused-ring (bicyclic) bond motifs is 1. The zero-order valence-electron chi connectivity index (χ0n) is 10.6. The molecule has 3 rings (SSSR count). The van der Waals surface area contributed by atoms with E-state index in [1.165, 1.54) is 37.2 Å². The topological polar surface area (TPSA) is 51.2 Å². The predicted octanol–water partition coefficient (Wildman–Crippen LogP) is 3.33. The molecule has 0 bridgehead atoms. The number of rotatable bonds is 2. The Labute approximate surface area is 125 Å². The predicted molar refractivity (Wildman–Crippen MR) is 77.1 cm³/mol. The first-order valence-corrected chi connectivity index (χ1v) is 8.38. The van der Waals surface area contributed by atoms with E-state index in [1.54, 1.807) is 6.07 Å². The SMILES string of the molecule is O=C(OC1CCC2CCCCC2N1)c1cc(Br)sn1. The minimum atomic E-state index is -0.325. The summed E-state index contributed by atoms with van der Waals surface area (Å²) >= 11 is 4.56. The number of esters is 1. The monoisotopic (exact) mass is 344 g/mol. The number of hydrogen-bond donors (Lipinski definition) is 1. The third-order valence-corrected chi connectivity index (χ3v) is 5.29. The number of ether oxygens (including phenoxy) is 1. The average molecular weight is 345 g/mol. The standard InChI is InChI=1S/C13H17BrN2O2S/c14-11-7-10(16-19-11)13(17)18-12-6-5-8-3-1-2-4-9(8)15-12/h7-9,12,15H,1-6H2. The van der Waals surface area contributed by atoms with E-state index >= 15 is 0 Å². The number of halogens is 1. The third kappa shape index (κ3) is 3.17. The molecule has 6 heteroatoms. The van der Waals surface area contributed by atoms with Gasteiger partial charge in [-0.3, -0.25) is 5.32 Å². The summed E-state index contributed by atoms with van der Waals surface area (Å²) in [5.41, 5.74) is 0.393. The minimum Gasteiger partial charge on any atom is -0.442 e. The van der Waals surface area contributed by atoms with E-state index in [0.717, 1.165) is 22.5 Å². The van der Waals surface area contributed by atoms with E-state index in [2.05, 4.69) is 25.6 Å². The number of carbonyl (C=O) groups excluding carboxylic acids is 1. The van der Waals surface area contributed by atoms with Gasteiger partial charge in [0.2, 0.25) is 0 Å². The van der Waals surface area contributed by atoms with Crippen LogP contribution in [0, 0.1) is 5.92 Å². The lowest BCUT2D eigenvalue weighted by Crippen LogP contribution is -2.50. The van der Waals surface area contributed by atoms with E-state index in [9.17, 15) is 4.79 Å². The molecule has 0 spiro atoms. The summed E-state index contributed by atoms with van der Waals surface area (Å²) in [4.78, 5) is 11.9. The first-order chi connectivity index (χ1) is 9.22. The van der Waals surface area contributed by atoms with Crippen molar-refractivity contribution in [2.75, 3.05) is 0 Å². The van der Waals surface area contributed by atoms with Gasteiger partial charge >= 0.3 is 5.97 Å². The zero-order valence-corrected chi connectivity index (χ0v) is 13.0. The van der Waals surface area contributed by atoms with Crippen LogP contribution in [0.4, 0.5) is 0 Å². The van der Waals surface area contributed by atoms with E-state index in [0.29, 0.717) is 11.7 Å². The molecule has 4 nitrogen and oxygen atoms in total. The summed E-state index contributed by atoms with van der Waals surface area (Å²) in [5.74, 6) is 0.450. The van der Waals surface area contributed by atoms with Crippen molar-refractivity contribution in [3.05, 3.63) is 15.5 Å². The molecule has 1 aromatic rings. The normalized spacial score (nSPS) is 30.7. The van der Waals surface area contributed by atoms with Gasteiger partial charge in [0.15, 0.2) is 11.9 Å². The molecule has 0 amide bonds. The van der Waals surface area contributed by atoms with Gasteiger partial charge in [-0.1, -0.05) is 12.8 Å². The molecule has 1 aliphatic carbocycles. The fraction of sp³-hybridized carbons (Fsp3) is 0.692. The molecule has 19 heavy (non-hydrogen) atoms. The first-order valence-electron chi connectivity index (χ1n) is 6.81. The second kappa shape index (κ2) is 5.89. The highest BCUT2D eigenvalue weighted by molar-refractivity contribution is 9.11. The summed E-state index contributed by atoms with van der Waals surface area (Å²) in [6.07, 6.45) is 7.09. The van der Waals surface area contributed by atoms with Crippen molar-refractivity contribution in [2.45, 2.75) is 50.8 Å². The fourth-order valence-corrected chi connectivity index (χ4v) is 4.00. The van der Waals surface area contributed by atoms with Crippen molar-refractivity contribution in [3.8, 4) is 0 Å². The number of carbonyl (C=O) groups is 1. The smallest absolute Gasteiger partial charge is 0.359 e. The van der Waals surface area contributed by atoms with Crippen LogP contribution in [0.25, 0.3) is 0 Å². The van der Waals surface area contributed by atoms with Gasteiger partial charge in [-0.25, -0.2) is 4.79 Å². The molecule has 2 heterocycles. The summed E-state index contributed by atoms with van der Waals surface area (Å²) < 4.78 is 10.4. The molecule has 0 aromatic carbocycles. The number of nitrogens with zero attached hydrogens (tertiary/aromatic N) is 1. The van der Waals surface area contributed by atoms with Gasteiger partial charge < -0.3 is 4.74 Å². The summed E-state index contributed by atoms with van der Waals surface area (Å²) in [6, 6.07) is 2.24. The molecule has 1 aromatic heterocycles. The molecule has 0 radical (unpaired) electrons. The maximum atomic E-state index is 11.9. The summed E-state index contributed by atoms with van der Waals surface area (Å²) in [7, 11) is 0. The lowest BCUT2D eigenvalue weighted by molar-refractivity contribution is -0.00622. The molecule has 2 aliphatic rings. The van der Waals surface area contributed by atoms with Gasteiger partial charge in [0.1, 0.15) is 0 Å². The Morgan fingerprint density at radius 1 is 1.37 bits per heavy atom. The molecule has 3 unspecified atom stereocenters. The van der Waals surface area contributed by atoms with E-state index in [1.807, 2.05) is 0 Å². The van der Waals surface area contributed by atoms with Crippen LogP contribution in [0.1, 0.15) is 49.0 Å². The van der Waals surface area contributed by atoms with Crippen LogP contribution in [0.5, 0.6) is 0 Å². The van der Waals surface area contributed by atoms with Crippen LogP contribution in [-0.4, -0.2) is 22.6 Å². The number of aromatic nitrogens is 1. The summed E-state index contributed by atoms with van der Waals surface area (Å²) in [5, 5.41) is 3.48. The second-order valence-electron chi connectivity index (χ2n) is 5.31. The van der Waals surface area contributed by atoms with Crippen LogP contribution in [0.15, 0.2) is 9.85 Å². The zero-order chi connectivity index (χ0) is 13.2. The Kier molecular flexibility index (Phi) is 4.19. The molecule has 2 fully saturated rings. The van der Waals surface area contributed by atoms with Gasteiger partial charge in [-0.2, -0.15) is 4.37 Å². The van der Waals surface area contributed by atoms with Crippen molar-refractivity contribution in [1.82, 2.24) is 9.69 Å². The first kappa shape index (κ1) is 13.5. The van der Waals surface area contributed by atoms with Crippen LogP contribution in [0.2, 0.25) is 0 Å². The van der Waals surface area contributed by atoms with Crippen LogP contribution in [0.3, 0.4) is 0 Å². The van der Waals surface area contributed by atoms with Crippen LogP contribution in [-0.2, 0) is 4.74 Å². The lowest BCUT2D eigenvalue weighted by atomic mass is 9.79. The highest BCUT2D eigenvalue weighted by atomic mass is 79.9. The second-order valence-corrected chi connectivity index (χ2v) is 7.49. The van der Waals surface area contributed by atoms with Gasteiger partial charge in [0.25, 0.3) is 0 Å². The van der Waals surface area contributed by atoms with Crippen LogP contribution < -0.4 is 5.32 Å². The molecule has 3 atom stereocenters. The number of hydrogen-bond acceptors (Lipinski definition) is 5. The maximum absolute atomic E-state index is 11.9. The Hall–Kier alpha value is -0.460. The van der Waals surface area contributed by atoms with Gasteiger partial charge in [0, 0.05) is 6.04 Å². The molecular weight excluding hydrogens is 328 g/mol. The maximum Gasteiger partial charge on any atom is 0.359 e. The summed E-state index contributed by atoms with van der Waals surface area (Å²) in [6.45, 7) is 0. The van der Waals surface area contributed by atoms with E-state index in [-0.39, 0.29) is 12.2 Å². The van der Waals surface area contributed by atoms with E-state index < -0.39 is 0 Å². The van der Waals surface area contributed by atoms with Crippen molar-refractivity contribution in [2.24, 2.45) is 5.92 Å². The molecule has 1 N–H and O–H groups in total. The number of piperidine rings is 1. The van der Waals surface area contributed by atoms with Crippen molar-refractivity contribution >= 4 is 33.4 Å². The molecule has 1 aliphatic heterocycles. The Balaban J connectivity index is 1.57. The molecule has 1 saturated heterocycles. The quantitative estimate of drug-likeness (QED) is 0.836. The van der Waals surface area contributed by atoms with Crippen molar-refractivity contribution in [1.29, 1.82) is 0 Å². The van der Waals surface area contributed by atoms with Crippen molar-refractivity contribution in [3.63, 3.8) is 0 Å².